The smallest absolute Gasteiger partial charge is 0.244 e. The molecule has 0 aromatic carbocycles. The number of aryl methyl sites for hydroxylation is 2. The summed E-state index contributed by atoms with van der Waals surface area (Å²) in [5.41, 5.74) is 0.336. The molecule has 21 heavy (non-hydrogen) atoms. The summed E-state index contributed by atoms with van der Waals surface area (Å²) < 4.78 is 33.0. The second kappa shape index (κ2) is 7.17. The molecule has 0 unspecified atom stereocenters. The van der Waals surface area contributed by atoms with Gasteiger partial charge in [-0.05, 0) is 32.9 Å². The van der Waals surface area contributed by atoms with Crippen LogP contribution in [0.15, 0.2) is 9.31 Å². The fourth-order valence-electron chi connectivity index (χ4n) is 2.40. The lowest BCUT2D eigenvalue weighted by atomic mass is 10.0. The Morgan fingerprint density at radius 1 is 1.24 bits per heavy atom. The van der Waals surface area contributed by atoms with E-state index in [1.165, 1.54) is 0 Å². The van der Waals surface area contributed by atoms with Gasteiger partial charge in [-0.3, -0.25) is 0 Å². The Balaban J connectivity index is 3.08. The normalized spacial score (nSPS) is 12.9. The summed E-state index contributed by atoms with van der Waals surface area (Å²) in [6.45, 7) is 7.37. The first-order chi connectivity index (χ1) is 9.76. The molecule has 0 saturated carbocycles. The van der Waals surface area contributed by atoms with E-state index in [0.29, 0.717) is 23.6 Å². The van der Waals surface area contributed by atoms with E-state index in [1.807, 2.05) is 6.26 Å². The minimum Gasteiger partial charge on any atom is -0.465 e. The molecule has 122 valence electrons. The monoisotopic (exact) mass is 335 g/mol. The zero-order valence-corrected chi connectivity index (χ0v) is 14.9. The third kappa shape index (κ3) is 3.83. The molecule has 0 atom stereocenters. The molecule has 1 heterocycles. The van der Waals surface area contributed by atoms with Crippen molar-refractivity contribution in [1.29, 1.82) is 0 Å². The molecule has 2 N–H and O–H groups in total. The molecule has 0 aliphatic carbocycles. The van der Waals surface area contributed by atoms with Crippen LogP contribution in [0.2, 0.25) is 0 Å². The zero-order valence-electron chi connectivity index (χ0n) is 13.3. The van der Waals surface area contributed by atoms with Crippen molar-refractivity contribution in [2.24, 2.45) is 0 Å². The van der Waals surface area contributed by atoms with Crippen LogP contribution < -0.4 is 4.72 Å². The Hall–Kier alpha value is -0.500. The van der Waals surface area contributed by atoms with Crippen LogP contribution in [0.3, 0.4) is 0 Å². The molecule has 0 radical (unpaired) electrons. The highest BCUT2D eigenvalue weighted by Gasteiger charge is 2.31. The summed E-state index contributed by atoms with van der Waals surface area (Å²) in [7, 11) is -3.69. The minimum atomic E-state index is -3.69. The molecule has 1 rings (SSSR count). The average Bonchev–Trinajstić information content (AvgIpc) is 2.75. The van der Waals surface area contributed by atoms with Gasteiger partial charge in [0.2, 0.25) is 10.0 Å². The summed E-state index contributed by atoms with van der Waals surface area (Å²) in [6.07, 6.45) is 3.75. The molecule has 0 aliphatic rings. The van der Waals surface area contributed by atoms with E-state index in [0.717, 1.165) is 12.8 Å². The van der Waals surface area contributed by atoms with Crippen LogP contribution in [0.1, 0.15) is 43.8 Å². The van der Waals surface area contributed by atoms with Crippen LogP contribution in [-0.2, 0) is 16.6 Å². The molecule has 0 saturated heterocycles. The van der Waals surface area contributed by atoms with Crippen molar-refractivity contribution in [3.8, 4) is 0 Å². The molecule has 0 aliphatic heterocycles. The van der Waals surface area contributed by atoms with Crippen LogP contribution in [0, 0.1) is 13.8 Å². The first-order valence-corrected chi connectivity index (χ1v) is 9.72. The van der Waals surface area contributed by atoms with E-state index < -0.39 is 10.0 Å². The van der Waals surface area contributed by atoms with Gasteiger partial charge < -0.3 is 9.52 Å². The number of thioether (sulfide) groups is 1. The number of furan rings is 1. The lowest BCUT2D eigenvalue weighted by Crippen LogP contribution is -2.39. The van der Waals surface area contributed by atoms with Gasteiger partial charge >= 0.3 is 0 Å². The molecule has 7 heteroatoms. The Kier molecular flexibility index (Phi) is 6.34. The number of sulfonamides is 1. The molecule has 0 amide bonds. The van der Waals surface area contributed by atoms with E-state index in [2.05, 4.69) is 18.6 Å². The number of nitrogens with one attached hydrogen (secondary N) is 1. The van der Waals surface area contributed by atoms with Gasteiger partial charge in [0.25, 0.3) is 0 Å². The second-order valence-electron chi connectivity index (χ2n) is 5.10. The maximum absolute atomic E-state index is 12.5. The topological polar surface area (TPSA) is 79.5 Å². The second-order valence-corrected chi connectivity index (χ2v) is 8.08. The largest absolute Gasteiger partial charge is 0.465 e. The number of aliphatic hydroxyl groups is 1. The van der Waals surface area contributed by atoms with E-state index in [1.54, 1.807) is 25.6 Å². The highest BCUT2D eigenvalue weighted by Crippen LogP contribution is 2.31. The summed E-state index contributed by atoms with van der Waals surface area (Å²) >= 11 is 1.67. The number of aliphatic hydroxyl groups excluding tert-OH is 1. The van der Waals surface area contributed by atoms with E-state index >= 15 is 0 Å². The maximum Gasteiger partial charge on any atom is 0.244 e. The van der Waals surface area contributed by atoms with Gasteiger partial charge in [-0.15, -0.1) is 0 Å². The van der Waals surface area contributed by atoms with Crippen molar-refractivity contribution in [2.75, 3.05) is 12.8 Å². The van der Waals surface area contributed by atoms with Gasteiger partial charge in [0, 0.05) is 16.9 Å². The number of hydrogen-bond donors (Lipinski definition) is 2. The zero-order chi connectivity index (χ0) is 16.3. The number of rotatable bonds is 8. The third-order valence-electron chi connectivity index (χ3n) is 4.06. The predicted octanol–water partition coefficient (Wildman–Crippen LogP) is 2.59. The van der Waals surface area contributed by atoms with Crippen LogP contribution in [-0.4, -0.2) is 31.1 Å². The fourth-order valence-corrected chi connectivity index (χ4v) is 4.85. The average molecular weight is 335 g/mol. The van der Waals surface area contributed by atoms with E-state index in [-0.39, 0.29) is 16.2 Å². The quantitative estimate of drug-likeness (QED) is 0.763. The lowest BCUT2D eigenvalue weighted by Gasteiger charge is -2.29. The summed E-state index contributed by atoms with van der Waals surface area (Å²) in [4.78, 5) is 0.0738. The van der Waals surface area contributed by atoms with Crippen molar-refractivity contribution < 1.29 is 17.9 Å². The molecule has 1 aromatic heterocycles. The van der Waals surface area contributed by atoms with Gasteiger partial charge in [0.05, 0.1) is 6.61 Å². The molecular weight excluding hydrogens is 310 g/mol. The molecule has 0 bridgehead atoms. The van der Waals surface area contributed by atoms with Crippen LogP contribution >= 0.6 is 11.8 Å². The van der Waals surface area contributed by atoms with Crippen molar-refractivity contribution in [3.05, 3.63) is 17.1 Å². The van der Waals surface area contributed by atoms with Crippen LogP contribution in [0.5, 0.6) is 0 Å². The Morgan fingerprint density at radius 2 is 1.81 bits per heavy atom. The first-order valence-electron chi connectivity index (χ1n) is 7.01. The SMILES string of the molecule is CCC(CC)(CNS(=O)(=O)c1c(C)oc(C)c1CO)SC. The minimum absolute atomic E-state index is 0.0738. The van der Waals surface area contributed by atoms with E-state index in [9.17, 15) is 13.5 Å². The molecule has 1 aromatic rings. The highest BCUT2D eigenvalue weighted by atomic mass is 32.2. The maximum atomic E-state index is 12.5. The molecule has 0 spiro atoms. The van der Waals surface area contributed by atoms with Crippen LogP contribution in [0.4, 0.5) is 0 Å². The summed E-state index contributed by atoms with van der Waals surface area (Å²) in [6, 6.07) is 0. The van der Waals surface area contributed by atoms with Gasteiger partial charge in [-0.1, -0.05) is 13.8 Å². The lowest BCUT2D eigenvalue weighted by molar-refractivity contribution is 0.276. The third-order valence-corrected chi connectivity index (χ3v) is 7.24. The fraction of sp³-hybridized carbons (Fsp3) is 0.714. The highest BCUT2D eigenvalue weighted by molar-refractivity contribution is 8.00. The Bertz CT molecular complexity index is 566. The van der Waals surface area contributed by atoms with Crippen molar-refractivity contribution in [2.45, 2.75) is 56.8 Å². The van der Waals surface area contributed by atoms with Gasteiger partial charge in [0.15, 0.2) is 0 Å². The van der Waals surface area contributed by atoms with Gasteiger partial charge in [-0.2, -0.15) is 11.8 Å². The Labute approximate surface area is 131 Å². The molecular formula is C14H25NO4S2. The van der Waals surface area contributed by atoms with Gasteiger partial charge in [0.1, 0.15) is 16.4 Å². The van der Waals surface area contributed by atoms with Gasteiger partial charge in [-0.25, -0.2) is 13.1 Å². The Morgan fingerprint density at radius 3 is 2.24 bits per heavy atom. The van der Waals surface area contributed by atoms with Crippen LogP contribution in [0.25, 0.3) is 0 Å². The number of hydrogen-bond acceptors (Lipinski definition) is 5. The molecule has 0 fully saturated rings. The summed E-state index contributed by atoms with van der Waals surface area (Å²) in [5.74, 6) is 0.754. The van der Waals surface area contributed by atoms with E-state index in [4.69, 9.17) is 4.42 Å². The molecule has 5 nitrogen and oxygen atoms in total. The van der Waals surface area contributed by atoms with Crippen molar-refractivity contribution in [3.63, 3.8) is 0 Å². The van der Waals surface area contributed by atoms with Crippen molar-refractivity contribution in [1.82, 2.24) is 4.72 Å². The standard InChI is InChI=1S/C14H25NO4S2/c1-6-14(7-2,20-5)9-15-21(17,18)13-11(4)19-10(3)12(13)8-16/h15-16H,6-9H2,1-5H3. The summed E-state index contributed by atoms with van der Waals surface area (Å²) in [5, 5.41) is 9.39. The van der Waals surface area contributed by atoms with Crippen molar-refractivity contribution >= 4 is 21.8 Å². The predicted molar refractivity (Wildman–Crippen MR) is 86.1 cm³/mol. The first kappa shape index (κ1) is 18.5.